The van der Waals surface area contributed by atoms with E-state index in [4.69, 9.17) is 9.47 Å². The fourth-order valence-electron chi connectivity index (χ4n) is 2.03. The molecule has 0 spiro atoms. The summed E-state index contributed by atoms with van der Waals surface area (Å²) in [5, 5.41) is 2.70. The molecule has 23 heavy (non-hydrogen) atoms. The van der Waals surface area contributed by atoms with Crippen LogP contribution in [0.25, 0.3) is 0 Å². The summed E-state index contributed by atoms with van der Waals surface area (Å²) >= 11 is 1.48. The first-order valence-corrected chi connectivity index (χ1v) is 8.17. The molecule has 0 radical (unpaired) electrons. The molecule has 2 aromatic rings. The highest BCUT2D eigenvalue weighted by Crippen LogP contribution is 2.33. The Morgan fingerprint density at radius 3 is 2.30 bits per heavy atom. The number of nitrogens with one attached hydrogen (secondary N) is 1. The van der Waals surface area contributed by atoms with Crippen molar-refractivity contribution in [3.63, 3.8) is 0 Å². The van der Waals surface area contributed by atoms with Crippen molar-refractivity contribution in [3.05, 3.63) is 48.0 Å². The zero-order valence-electron chi connectivity index (χ0n) is 13.8. The monoisotopic (exact) mass is 331 g/mol. The molecule has 1 N–H and O–H groups in total. The Bertz CT molecular complexity index is 670. The van der Waals surface area contributed by atoms with Crippen LogP contribution < -0.4 is 14.8 Å². The molecular formula is C18H21NO3S. The van der Waals surface area contributed by atoms with E-state index in [0.717, 1.165) is 16.1 Å². The van der Waals surface area contributed by atoms with E-state index >= 15 is 0 Å². The summed E-state index contributed by atoms with van der Waals surface area (Å²) in [6, 6.07) is 13.4. The second kappa shape index (κ2) is 7.92. The maximum absolute atomic E-state index is 12.3. The molecule has 0 heterocycles. The van der Waals surface area contributed by atoms with Gasteiger partial charge in [0.25, 0.3) is 0 Å². The minimum absolute atomic E-state index is 0.0337. The van der Waals surface area contributed by atoms with Gasteiger partial charge in [0.2, 0.25) is 5.91 Å². The van der Waals surface area contributed by atoms with Crippen molar-refractivity contribution in [1.82, 2.24) is 0 Å². The van der Waals surface area contributed by atoms with Crippen LogP contribution in [0, 0.1) is 6.92 Å². The van der Waals surface area contributed by atoms with Crippen LogP contribution >= 0.6 is 11.8 Å². The first kappa shape index (κ1) is 17.2. The van der Waals surface area contributed by atoms with Crippen LogP contribution in [0.4, 0.5) is 5.69 Å². The lowest BCUT2D eigenvalue weighted by Crippen LogP contribution is -2.22. The van der Waals surface area contributed by atoms with E-state index in [9.17, 15) is 4.79 Å². The van der Waals surface area contributed by atoms with Gasteiger partial charge in [-0.3, -0.25) is 4.79 Å². The predicted molar refractivity (Wildman–Crippen MR) is 94.7 cm³/mol. The molecule has 0 aliphatic heterocycles. The van der Waals surface area contributed by atoms with Crippen LogP contribution in [0.5, 0.6) is 11.5 Å². The number of rotatable bonds is 6. The predicted octanol–water partition coefficient (Wildman–Crippen LogP) is 4.13. The fraction of sp³-hybridized carbons (Fsp3) is 0.278. The number of aryl methyl sites for hydroxylation is 1. The molecule has 5 heteroatoms. The smallest absolute Gasteiger partial charge is 0.237 e. The largest absolute Gasteiger partial charge is 0.493 e. The third kappa shape index (κ3) is 4.66. The Labute approximate surface area is 141 Å². The molecular weight excluding hydrogens is 310 g/mol. The lowest BCUT2D eigenvalue weighted by Gasteiger charge is -2.14. The number of hydrogen-bond acceptors (Lipinski definition) is 4. The summed E-state index contributed by atoms with van der Waals surface area (Å²) in [6.45, 7) is 3.89. The molecule has 2 aromatic carbocycles. The summed E-state index contributed by atoms with van der Waals surface area (Å²) < 4.78 is 10.5. The third-order valence-corrected chi connectivity index (χ3v) is 4.45. The van der Waals surface area contributed by atoms with E-state index < -0.39 is 0 Å². The van der Waals surface area contributed by atoms with Gasteiger partial charge >= 0.3 is 0 Å². The first-order valence-electron chi connectivity index (χ1n) is 7.29. The standard InChI is InChI=1S/C18H21NO3S/c1-12-5-7-14(8-6-12)19-18(20)13(2)23-15-9-10-16(21-3)17(11-15)22-4/h5-11,13H,1-4H3,(H,19,20)/t13-/m1/s1. The van der Waals surface area contributed by atoms with E-state index in [1.165, 1.54) is 11.8 Å². The number of carbonyl (C=O) groups is 1. The third-order valence-electron chi connectivity index (χ3n) is 3.36. The van der Waals surface area contributed by atoms with Crippen molar-refractivity contribution in [3.8, 4) is 11.5 Å². The summed E-state index contributed by atoms with van der Waals surface area (Å²) in [5.41, 5.74) is 1.97. The summed E-state index contributed by atoms with van der Waals surface area (Å²) in [7, 11) is 3.20. The average Bonchev–Trinajstić information content (AvgIpc) is 2.56. The van der Waals surface area contributed by atoms with Crippen molar-refractivity contribution in [2.45, 2.75) is 24.0 Å². The van der Waals surface area contributed by atoms with E-state index in [-0.39, 0.29) is 11.2 Å². The number of amides is 1. The molecule has 0 aromatic heterocycles. The van der Waals surface area contributed by atoms with Crippen molar-refractivity contribution < 1.29 is 14.3 Å². The van der Waals surface area contributed by atoms with E-state index in [2.05, 4.69) is 5.32 Å². The maximum atomic E-state index is 12.3. The molecule has 0 aliphatic rings. The zero-order chi connectivity index (χ0) is 16.8. The SMILES string of the molecule is COc1ccc(S[C@H](C)C(=O)Nc2ccc(C)cc2)cc1OC. The topological polar surface area (TPSA) is 47.6 Å². The van der Waals surface area contributed by atoms with Gasteiger partial charge in [-0.05, 0) is 44.2 Å². The lowest BCUT2D eigenvalue weighted by molar-refractivity contribution is -0.115. The number of methoxy groups -OCH3 is 2. The van der Waals surface area contributed by atoms with E-state index in [1.54, 1.807) is 14.2 Å². The Hall–Kier alpha value is -2.14. The van der Waals surface area contributed by atoms with Gasteiger partial charge in [0, 0.05) is 10.6 Å². The molecule has 122 valence electrons. The normalized spacial score (nSPS) is 11.7. The van der Waals surface area contributed by atoms with Crippen LogP contribution in [0.1, 0.15) is 12.5 Å². The number of anilines is 1. The number of carbonyl (C=O) groups excluding carboxylic acids is 1. The van der Waals surface area contributed by atoms with Crippen LogP contribution in [0.3, 0.4) is 0 Å². The first-order chi connectivity index (χ1) is 11.0. The quantitative estimate of drug-likeness (QED) is 0.809. The van der Waals surface area contributed by atoms with E-state index in [0.29, 0.717) is 11.5 Å². The van der Waals surface area contributed by atoms with Crippen LogP contribution in [0.15, 0.2) is 47.4 Å². The molecule has 0 saturated heterocycles. The number of benzene rings is 2. The molecule has 0 saturated carbocycles. The van der Waals surface area contributed by atoms with Gasteiger partial charge in [0.1, 0.15) is 0 Å². The Morgan fingerprint density at radius 1 is 1.04 bits per heavy atom. The van der Waals surface area contributed by atoms with Gasteiger partial charge in [-0.15, -0.1) is 11.8 Å². The fourth-order valence-corrected chi connectivity index (χ4v) is 2.92. The highest BCUT2D eigenvalue weighted by Gasteiger charge is 2.16. The average molecular weight is 331 g/mol. The molecule has 0 aliphatic carbocycles. The van der Waals surface area contributed by atoms with Crippen molar-refractivity contribution in [2.75, 3.05) is 19.5 Å². The second-order valence-corrected chi connectivity index (χ2v) is 6.55. The molecule has 2 rings (SSSR count). The van der Waals surface area contributed by atoms with Gasteiger partial charge < -0.3 is 14.8 Å². The Kier molecular flexibility index (Phi) is 5.93. The summed E-state index contributed by atoms with van der Waals surface area (Å²) in [4.78, 5) is 13.2. The molecule has 1 amide bonds. The zero-order valence-corrected chi connectivity index (χ0v) is 14.6. The van der Waals surface area contributed by atoms with Crippen LogP contribution in [-0.2, 0) is 4.79 Å². The molecule has 1 atom stereocenters. The molecule has 0 fully saturated rings. The van der Waals surface area contributed by atoms with Gasteiger partial charge in [-0.25, -0.2) is 0 Å². The summed E-state index contributed by atoms with van der Waals surface area (Å²) in [6.07, 6.45) is 0. The number of thioether (sulfide) groups is 1. The number of hydrogen-bond donors (Lipinski definition) is 1. The van der Waals surface area contributed by atoms with Crippen molar-refractivity contribution in [1.29, 1.82) is 0 Å². The second-order valence-electron chi connectivity index (χ2n) is 5.13. The highest BCUT2D eigenvalue weighted by molar-refractivity contribution is 8.00. The number of ether oxygens (including phenoxy) is 2. The van der Waals surface area contributed by atoms with E-state index in [1.807, 2.05) is 56.3 Å². The van der Waals surface area contributed by atoms with Gasteiger partial charge in [0.05, 0.1) is 19.5 Å². The van der Waals surface area contributed by atoms with Gasteiger partial charge in [-0.1, -0.05) is 17.7 Å². The van der Waals surface area contributed by atoms with Crippen LogP contribution in [0.2, 0.25) is 0 Å². The minimum atomic E-state index is -0.227. The minimum Gasteiger partial charge on any atom is -0.493 e. The van der Waals surface area contributed by atoms with Gasteiger partial charge in [0.15, 0.2) is 11.5 Å². The molecule has 0 bridgehead atoms. The maximum Gasteiger partial charge on any atom is 0.237 e. The lowest BCUT2D eigenvalue weighted by atomic mass is 10.2. The van der Waals surface area contributed by atoms with Crippen LogP contribution in [-0.4, -0.2) is 25.4 Å². The van der Waals surface area contributed by atoms with Gasteiger partial charge in [-0.2, -0.15) is 0 Å². The highest BCUT2D eigenvalue weighted by atomic mass is 32.2. The molecule has 4 nitrogen and oxygen atoms in total. The Balaban J connectivity index is 2.01. The van der Waals surface area contributed by atoms with Crippen molar-refractivity contribution >= 4 is 23.4 Å². The Morgan fingerprint density at radius 2 is 1.70 bits per heavy atom. The molecule has 0 unspecified atom stereocenters. The van der Waals surface area contributed by atoms with Crippen molar-refractivity contribution in [2.24, 2.45) is 0 Å². The summed E-state index contributed by atoms with van der Waals surface area (Å²) in [5.74, 6) is 1.30.